The van der Waals surface area contributed by atoms with E-state index < -0.39 is 0 Å². The molecule has 11 rings (SSSR count). The van der Waals surface area contributed by atoms with Crippen molar-refractivity contribution in [3.63, 3.8) is 0 Å². The van der Waals surface area contributed by atoms with Crippen LogP contribution in [0.15, 0.2) is 230 Å². The predicted octanol–water partition coefficient (Wildman–Crippen LogP) is 14.7. The summed E-state index contributed by atoms with van der Waals surface area (Å²) in [5.74, 6) is 1.10. The van der Waals surface area contributed by atoms with E-state index >= 15 is 0 Å². The summed E-state index contributed by atoms with van der Waals surface area (Å²) in [6.07, 6.45) is 23.9. The molecule has 3 unspecified atom stereocenters. The largest absolute Gasteiger partial charge is 0.311 e. The SMILES string of the molecule is C1=CC2C=CC=C(c3ccc(N(C4=CCC(c5cccc6ccccc56)C=C4)c4ccc(-c5ccc6c(c5)c5ccccc5n6-c5ccccc5)cc4)cc3)C2C=C1. The quantitative estimate of drug-likeness (QED) is 0.158. The van der Waals surface area contributed by atoms with E-state index in [1.807, 2.05) is 0 Å². The van der Waals surface area contributed by atoms with Gasteiger partial charge in [0.1, 0.15) is 0 Å². The molecule has 0 radical (unpaired) electrons. The fourth-order valence-electron chi connectivity index (χ4n) is 9.45. The Kier molecular flexibility index (Phi) is 8.47. The van der Waals surface area contributed by atoms with Crippen molar-refractivity contribution in [3.8, 4) is 16.8 Å². The Morgan fingerprint density at radius 2 is 1.17 bits per heavy atom. The van der Waals surface area contributed by atoms with Crippen molar-refractivity contribution in [2.75, 3.05) is 4.90 Å². The zero-order valence-corrected chi connectivity index (χ0v) is 32.2. The van der Waals surface area contributed by atoms with Crippen LogP contribution in [-0.4, -0.2) is 4.57 Å². The van der Waals surface area contributed by atoms with E-state index in [2.05, 4.69) is 234 Å². The molecule has 2 nitrogen and oxygen atoms in total. The van der Waals surface area contributed by atoms with Crippen LogP contribution < -0.4 is 4.90 Å². The van der Waals surface area contributed by atoms with E-state index in [4.69, 9.17) is 0 Å². The van der Waals surface area contributed by atoms with Gasteiger partial charge in [0.25, 0.3) is 0 Å². The van der Waals surface area contributed by atoms with E-state index in [-0.39, 0.29) is 0 Å². The van der Waals surface area contributed by atoms with Crippen LogP contribution in [0.25, 0.3) is 55.0 Å². The number of fused-ring (bicyclic) bond motifs is 5. The van der Waals surface area contributed by atoms with Crippen LogP contribution in [0.2, 0.25) is 0 Å². The molecule has 0 saturated heterocycles. The van der Waals surface area contributed by atoms with Crippen molar-refractivity contribution < 1.29 is 0 Å². The summed E-state index contributed by atoms with van der Waals surface area (Å²) < 4.78 is 2.37. The van der Waals surface area contributed by atoms with Crippen molar-refractivity contribution >= 4 is 49.5 Å². The summed E-state index contributed by atoms with van der Waals surface area (Å²) in [6, 6.07) is 60.1. The molecule has 0 amide bonds. The number of aromatic nitrogens is 1. The zero-order chi connectivity index (χ0) is 38.4. The highest BCUT2D eigenvalue weighted by Gasteiger charge is 2.25. The first-order chi connectivity index (χ1) is 28.8. The predicted molar refractivity (Wildman–Crippen MR) is 246 cm³/mol. The van der Waals surface area contributed by atoms with Gasteiger partial charge < -0.3 is 9.47 Å². The topological polar surface area (TPSA) is 8.17 Å². The van der Waals surface area contributed by atoms with Crippen molar-refractivity contribution in [1.82, 2.24) is 4.57 Å². The molecule has 0 saturated carbocycles. The first-order valence-electron chi connectivity index (χ1n) is 20.5. The molecule has 0 N–H and O–H groups in total. The highest BCUT2D eigenvalue weighted by Crippen LogP contribution is 2.41. The van der Waals surface area contributed by atoms with Crippen molar-refractivity contribution in [2.45, 2.75) is 12.3 Å². The summed E-state index contributed by atoms with van der Waals surface area (Å²) >= 11 is 0. The summed E-state index contributed by atoms with van der Waals surface area (Å²) in [4.78, 5) is 2.42. The van der Waals surface area contributed by atoms with Gasteiger partial charge in [0.05, 0.1) is 11.0 Å². The molecule has 3 aliphatic rings. The van der Waals surface area contributed by atoms with Gasteiger partial charge in [-0.15, -0.1) is 0 Å². The second-order valence-corrected chi connectivity index (χ2v) is 15.6. The van der Waals surface area contributed by atoms with Crippen LogP contribution in [0.3, 0.4) is 0 Å². The van der Waals surface area contributed by atoms with Crippen LogP contribution >= 0.6 is 0 Å². The van der Waals surface area contributed by atoms with Gasteiger partial charge in [0.15, 0.2) is 0 Å². The van der Waals surface area contributed by atoms with Gasteiger partial charge in [-0.25, -0.2) is 0 Å². The maximum absolute atomic E-state index is 2.42. The highest BCUT2D eigenvalue weighted by molar-refractivity contribution is 6.10. The molecular weight excluding hydrogens is 701 g/mol. The minimum Gasteiger partial charge on any atom is -0.311 e. The Balaban J connectivity index is 0.953. The average Bonchev–Trinajstić information content (AvgIpc) is 3.63. The lowest BCUT2D eigenvalue weighted by atomic mass is 9.77. The Morgan fingerprint density at radius 3 is 1.98 bits per heavy atom. The van der Waals surface area contributed by atoms with Crippen LogP contribution in [0.1, 0.15) is 23.5 Å². The van der Waals surface area contributed by atoms with E-state index in [9.17, 15) is 0 Å². The van der Waals surface area contributed by atoms with Gasteiger partial charge in [-0.05, 0) is 106 Å². The number of allylic oxidation sites excluding steroid dienone is 11. The average molecular weight is 743 g/mol. The second kappa shape index (κ2) is 14.4. The molecule has 2 heteroatoms. The number of hydrogen-bond donors (Lipinski definition) is 0. The molecular formula is C56H42N2. The van der Waals surface area contributed by atoms with Gasteiger partial charge in [-0.1, -0.05) is 164 Å². The molecule has 0 fully saturated rings. The number of rotatable bonds is 7. The standard InChI is InChI=1S/C56H42N2/c1-2-16-45(17-3-1)58-55-23-9-8-20-53(55)54-38-44(30-37-56(54)58)39-24-31-46(32-25-39)57(47-33-26-42(27-34-47)51-21-10-14-40-12-4-6-18-49(40)51)48-35-28-43(29-36-48)52-22-11-15-41-13-5-7-19-50(41)52/h1-28,30-38,40,43,49H,29H2. The van der Waals surface area contributed by atoms with Gasteiger partial charge in [-0.3, -0.25) is 0 Å². The maximum atomic E-state index is 2.42. The molecule has 0 spiro atoms. The van der Waals surface area contributed by atoms with Crippen LogP contribution in [0.4, 0.5) is 11.4 Å². The lowest BCUT2D eigenvalue weighted by molar-refractivity contribution is 0.678. The number of nitrogens with zero attached hydrogens (tertiary/aromatic N) is 2. The van der Waals surface area contributed by atoms with Crippen LogP contribution in [0, 0.1) is 11.8 Å². The lowest BCUT2D eigenvalue weighted by Gasteiger charge is -2.30. The Labute approximate surface area is 340 Å². The molecule has 1 heterocycles. The third kappa shape index (κ3) is 5.97. The van der Waals surface area contributed by atoms with Crippen molar-refractivity contribution in [2.24, 2.45) is 11.8 Å². The Hall–Kier alpha value is -7.16. The van der Waals surface area contributed by atoms with E-state index in [0.29, 0.717) is 17.8 Å². The summed E-state index contributed by atoms with van der Waals surface area (Å²) in [5.41, 5.74) is 13.5. The van der Waals surface area contributed by atoms with E-state index in [1.54, 1.807) is 0 Å². The number of para-hydroxylation sites is 2. The molecule has 7 aromatic carbocycles. The minimum absolute atomic E-state index is 0.320. The molecule has 0 aliphatic heterocycles. The summed E-state index contributed by atoms with van der Waals surface area (Å²) in [5, 5.41) is 5.15. The molecule has 1 aromatic heterocycles. The molecule has 58 heavy (non-hydrogen) atoms. The van der Waals surface area contributed by atoms with Crippen LogP contribution in [-0.2, 0) is 0 Å². The van der Waals surface area contributed by atoms with Crippen LogP contribution in [0.5, 0.6) is 0 Å². The number of benzene rings is 7. The van der Waals surface area contributed by atoms with Gasteiger partial charge in [0, 0.05) is 51.3 Å². The lowest BCUT2D eigenvalue weighted by Crippen LogP contribution is -2.18. The van der Waals surface area contributed by atoms with E-state index in [1.165, 1.54) is 71.8 Å². The maximum Gasteiger partial charge on any atom is 0.0541 e. The monoisotopic (exact) mass is 742 g/mol. The minimum atomic E-state index is 0.320. The van der Waals surface area contributed by atoms with Gasteiger partial charge in [-0.2, -0.15) is 0 Å². The first-order valence-corrected chi connectivity index (χ1v) is 20.5. The fourth-order valence-corrected chi connectivity index (χ4v) is 9.45. The first kappa shape index (κ1) is 34.1. The molecule has 276 valence electrons. The van der Waals surface area contributed by atoms with Crippen molar-refractivity contribution in [3.05, 3.63) is 241 Å². The smallest absolute Gasteiger partial charge is 0.0541 e. The number of anilines is 2. The second-order valence-electron chi connectivity index (χ2n) is 15.6. The van der Waals surface area contributed by atoms with Gasteiger partial charge >= 0.3 is 0 Å². The summed E-state index contributed by atoms with van der Waals surface area (Å²) in [6.45, 7) is 0. The highest BCUT2D eigenvalue weighted by atomic mass is 15.1. The fraction of sp³-hybridized carbons (Fsp3) is 0.0714. The molecule has 8 aromatic rings. The third-order valence-corrected chi connectivity index (χ3v) is 12.3. The van der Waals surface area contributed by atoms with Gasteiger partial charge in [0.2, 0.25) is 0 Å². The number of hydrogen-bond acceptors (Lipinski definition) is 1. The zero-order valence-electron chi connectivity index (χ0n) is 32.2. The molecule has 3 aliphatic carbocycles. The van der Waals surface area contributed by atoms with E-state index in [0.717, 1.165) is 17.8 Å². The molecule has 3 atom stereocenters. The third-order valence-electron chi connectivity index (χ3n) is 12.3. The summed E-state index contributed by atoms with van der Waals surface area (Å²) in [7, 11) is 0. The normalized spacial score (nSPS) is 18.4. The molecule has 0 bridgehead atoms. The van der Waals surface area contributed by atoms with Crippen molar-refractivity contribution in [1.29, 1.82) is 0 Å². The Bertz CT molecular complexity index is 3020. The Morgan fingerprint density at radius 1 is 0.500 bits per heavy atom.